The van der Waals surface area contributed by atoms with E-state index in [-0.39, 0.29) is 0 Å². The van der Waals surface area contributed by atoms with Crippen LogP contribution in [-0.4, -0.2) is 6.72 Å². The van der Waals surface area contributed by atoms with Crippen LogP contribution in [0.4, 0.5) is 5.69 Å². The van der Waals surface area contributed by atoms with Crippen molar-refractivity contribution in [3.8, 4) is 6.07 Å². The molecule has 0 aromatic heterocycles. The van der Waals surface area contributed by atoms with Crippen LogP contribution in [0.1, 0.15) is 11.1 Å². The molecule has 1 aromatic carbocycles. The molecule has 0 fully saturated rings. The predicted octanol–water partition coefficient (Wildman–Crippen LogP) is 3.10. The summed E-state index contributed by atoms with van der Waals surface area (Å²) in [6.07, 6.45) is 0. The van der Waals surface area contributed by atoms with Crippen molar-refractivity contribution in [1.29, 1.82) is 5.26 Å². The zero-order chi connectivity index (χ0) is 9.84. The predicted molar refractivity (Wildman–Crippen MR) is 55.3 cm³/mol. The normalized spacial score (nSPS) is 8.92. The Morgan fingerprint density at radius 2 is 2.23 bits per heavy atom. The molecule has 64 valence electrons. The summed E-state index contributed by atoms with van der Waals surface area (Å²) in [6.45, 7) is 6.97. The molecule has 0 spiro atoms. The van der Waals surface area contributed by atoms with E-state index in [2.05, 4.69) is 18.3 Å². The van der Waals surface area contributed by atoms with Gasteiger partial charge in [-0.2, -0.15) is 5.26 Å². The van der Waals surface area contributed by atoms with Crippen molar-refractivity contribution in [2.24, 2.45) is 4.99 Å². The van der Waals surface area contributed by atoms with Gasteiger partial charge in [-0.1, -0.05) is 18.2 Å². The van der Waals surface area contributed by atoms with Crippen molar-refractivity contribution in [2.45, 2.75) is 0 Å². The number of rotatable bonds is 2. The SMILES string of the molecule is C=Nc1ccc(C#N)cc1C(=C)Cl. The summed E-state index contributed by atoms with van der Waals surface area (Å²) in [6, 6.07) is 7.00. The van der Waals surface area contributed by atoms with Crippen molar-refractivity contribution in [1.82, 2.24) is 0 Å². The van der Waals surface area contributed by atoms with Gasteiger partial charge in [0, 0.05) is 10.6 Å². The molecule has 0 aliphatic heterocycles. The number of hydrogen-bond acceptors (Lipinski definition) is 2. The molecule has 0 amide bonds. The monoisotopic (exact) mass is 190 g/mol. The Kier molecular flexibility index (Phi) is 2.84. The molecule has 1 aromatic rings. The van der Waals surface area contributed by atoms with Crippen LogP contribution in [0.25, 0.3) is 5.03 Å². The third kappa shape index (κ3) is 1.95. The van der Waals surface area contributed by atoms with Crippen molar-refractivity contribution in [3.63, 3.8) is 0 Å². The summed E-state index contributed by atoms with van der Waals surface area (Å²) < 4.78 is 0. The molecule has 0 saturated heterocycles. The molecule has 2 nitrogen and oxygen atoms in total. The Bertz CT molecular complexity index is 402. The summed E-state index contributed by atoms with van der Waals surface area (Å²) in [5.74, 6) is 0. The van der Waals surface area contributed by atoms with Gasteiger partial charge < -0.3 is 0 Å². The highest BCUT2D eigenvalue weighted by Crippen LogP contribution is 2.28. The largest absolute Gasteiger partial charge is 0.264 e. The first-order valence-corrected chi connectivity index (χ1v) is 3.92. The zero-order valence-electron chi connectivity index (χ0n) is 6.92. The first kappa shape index (κ1) is 9.50. The molecule has 0 bridgehead atoms. The third-order valence-corrected chi connectivity index (χ3v) is 1.79. The Morgan fingerprint density at radius 1 is 1.54 bits per heavy atom. The van der Waals surface area contributed by atoms with Gasteiger partial charge in [-0.25, -0.2) is 0 Å². The quantitative estimate of drug-likeness (QED) is 0.661. The van der Waals surface area contributed by atoms with Crippen LogP contribution < -0.4 is 0 Å². The lowest BCUT2D eigenvalue weighted by Gasteiger charge is -2.02. The topological polar surface area (TPSA) is 36.1 Å². The van der Waals surface area contributed by atoms with Gasteiger partial charge in [0.05, 0.1) is 17.3 Å². The lowest BCUT2D eigenvalue weighted by atomic mass is 10.1. The standard InChI is InChI=1S/C10H7ClN2/c1-7(11)9-5-8(6-12)3-4-10(9)13-2/h3-5H,1-2H2. The molecular weight excluding hydrogens is 184 g/mol. The van der Waals surface area contributed by atoms with Crippen LogP contribution in [-0.2, 0) is 0 Å². The van der Waals surface area contributed by atoms with Gasteiger partial charge in [-0.15, -0.1) is 0 Å². The van der Waals surface area contributed by atoms with Crippen LogP contribution in [0.3, 0.4) is 0 Å². The molecule has 0 atom stereocenters. The van der Waals surface area contributed by atoms with E-state index in [1.165, 1.54) is 0 Å². The van der Waals surface area contributed by atoms with E-state index >= 15 is 0 Å². The van der Waals surface area contributed by atoms with Crippen LogP contribution in [0, 0.1) is 11.3 Å². The molecule has 0 radical (unpaired) electrons. The average Bonchev–Trinajstić information content (AvgIpc) is 2.16. The maximum absolute atomic E-state index is 8.64. The van der Waals surface area contributed by atoms with Crippen LogP contribution >= 0.6 is 11.6 Å². The second kappa shape index (κ2) is 3.88. The first-order chi connectivity index (χ1) is 6.19. The second-order valence-electron chi connectivity index (χ2n) is 2.41. The van der Waals surface area contributed by atoms with Crippen molar-refractivity contribution in [3.05, 3.63) is 35.9 Å². The van der Waals surface area contributed by atoms with Gasteiger partial charge in [-0.05, 0) is 24.9 Å². The maximum atomic E-state index is 8.64. The van der Waals surface area contributed by atoms with Gasteiger partial charge in [-0.3, -0.25) is 4.99 Å². The van der Waals surface area contributed by atoms with Gasteiger partial charge in [0.15, 0.2) is 0 Å². The molecule has 0 unspecified atom stereocenters. The maximum Gasteiger partial charge on any atom is 0.0991 e. The van der Waals surface area contributed by atoms with Gasteiger partial charge >= 0.3 is 0 Å². The molecule has 0 aliphatic carbocycles. The number of nitriles is 1. The minimum absolute atomic E-state index is 0.361. The minimum Gasteiger partial charge on any atom is -0.264 e. The van der Waals surface area contributed by atoms with E-state index in [4.69, 9.17) is 16.9 Å². The van der Waals surface area contributed by atoms with E-state index in [1.54, 1.807) is 18.2 Å². The fraction of sp³-hybridized carbons (Fsp3) is 0. The second-order valence-corrected chi connectivity index (χ2v) is 2.86. The summed E-state index contributed by atoms with van der Waals surface area (Å²) >= 11 is 5.72. The Labute approximate surface area is 81.8 Å². The highest BCUT2D eigenvalue weighted by atomic mass is 35.5. The Hall–Kier alpha value is -1.59. The average molecular weight is 191 g/mol. The van der Waals surface area contributed by atoms with Crippen LogP contribution in [0.5, 0.6) is 0 Å². The van der Waals surface area contributed by atoms with Gasteiger partial charge in [0.1, 0.15) is 0 Å². The highest BCUT2D eigenvalue weighted by molar-refractivity contribution is 6.48. The number of nitrogens with zero attached hydrogens (tertiary/aromatic N) is 2. The highest BCUT2D eigenvalue weighted by Gasteiger charge is 2.03. The van der Waals surface area contributed by atoms with E-state index in [1.807, 2.05) is 6.07 Å². The molecular formula is C10H7ClN2. The Morgan fingerprint density at radius 3 is 2.69 bits per heavy atom. The lowest BCUT2D eigenvalue weighted by molar-refractivity contribution is 1.45. The van der Waals surface area contributed by atoms with E-state index < -0.39 is 0 Å². The Balaban J connectivity index is 3.36. The van der Waals surface area contributed by atoms with Gasteiger partial charge in [0.2, 0.25) is 0 Å². The number of hydrogen-bond donors (Lipinski definition) is 0. The molecule has 0 N–H and O–H groups in total. The summed E-state index contributed by atoms with van der Waals surface area (Å²) in [7, 11) is 0. The fourth-order valence-corrected chi connectivity index (χ4v) is 1.11. The number of aliphatic imine (C=N–C) groups is 1. The minimum atomic E-state index is 0.361. The molecule has 1 rings (SSSR count). The van der Waals surface area contributed by atoms with Crippen molar-refractivity contribution < 1.29 is 0 Å². The first-order valence-electron chi connectivity index (χ1n) is 3.54. The summed E-state index contributed by atoms with van der Waals surface area (Å²) in [5, 5.41) is 9.00. The van der Waals surface area contributed by atoms with Crippen molar-refractivity contribution >= 4 is 29.0 Å². The third-order valence-electron chi connectivity index (χ3n) is 1.59. The van der Waals surface area contributed by atoms with Crippen LogP contribution in [0.15, 0.2) is 29.8 Å². The molecule has 13 heavy (non-hydrogen) atoms. The number of halogens is 1. The molecule has 0 heterocycles. The molecule has 0 saturated carbocycles. The molecule has 0 aliphatic rings. The van der Waals surface area contributed by atoms with Crippen molar-refractivity contribution in [2.75, 3.05) is 0 Å². The summed E-state index contributed by atoms with van der Waals surface area (Å²) in [5.41, 5.74) is 1.82. The van der Waals surface area contributed by atoms with E-state index in [9.17, 15) is 0 Å². The smallest absolute Gasteiger partial charge is 0.0991 e. The van der Waals surface area contributed by atoms with E-state index in [0.717, 1.165) is 0 Å². The molecule has 3 heteroatoms. The fourth-order valence-electron chi connectivity index (χ4n) is 0.961. The lowest BCUT2D eigenvalue weighted by Crippen LogP contribution is -1.81. The van der Waals surface area contributed by atoms with Gasteiger partial charge in [0.25, 0.3) is 0 Å². The van der Waals surface area contributed by atoms with Crippen LogP contribution in [0.2, 0.25) is 0 Å². The van der Waals surface area contributed by atoms with E-state index in [0.29, 0.717) is 21.8 Å². The summed E-state index contributed by atoms with van der Waals surface area (Å²) in [4.78, 5) is 3.76. The zero-order valence-corrected chi connectivity index (χ0v) is 7.67. The number of benzene rings is 1.